The van der Waals surface area contributed by atoms with Crippen LogP contribution in [0.15, 0.2) is 229 Å². The van der Waals surface area contributed by atoms with Crippen molar-refractivity contribution < 1.29 is 9.15 Å². The summed E-state index contributed by atoms with van der Waals surface area (Å²) < 4.78 is 15.3. The van der Waals surface area contributed by atoms with Crippen molar-refractivity contribution >= 4 is 65.9 Å². The first kappa shape index (κ1) is 34.8. The standard InChI is InChI=1S/C58H38N2O2/c1-2-12-37(13-3-1)40-25-32-53(60-52-19-9-6-16-45(52)49-30-24-38-14-4-5-15-44(38)58(49)60)50(34-40)39-22-26-41(27-23-39)59(42-29-33-56-51(35-42)47-18-8-11-21-55(47)61-56)43-28-31-48-46-17-7-10-20-54(46)62-57(48)36-43/h1-36,51,56H. The van der Waals surface area contributed by atoms with Gasteiger partial charge >= 0.3 is 0 Å². The number of anilines is 2. The van der Waals surface area contributed by atoms with E-state index in [0.717, 1.165) is 61.6 Å². The van der Waals surface area contributed by atoms with Crippen LogP contribution in [0.25, 0.3) is 82.5 Å². The number of ether oxygens (including phenoxy) is 1. The van der Waals surface area contributed by atoms with Gasteiger partial charge in [-0.3, -0.25) is 0 Å². The number of fused-ring (bicyclic) bond motifs is 11. The Hall–Kier alpha value is -8.08. The lowest BCUT2D eigenvalue weighted by atomic mass is 9.90. The molecule has 2 unspecified atom stereocenters. The number of hydrogen-bond acceptors (Lipinski definition) is 3. The molecule has 0 radical (unpaired) electrons. The van der Waals surface area contributed by atoms with Crippen molar-refractivity contribution in [1.29, 1.82) is 0 Å². The molecule has 0 amide bonds. The Morgan fingerprint density at radius 1 is 0.484 bits per heavy atom. The van der Waals surface area contributed by atoms with Gasteiger partial charge in [0.2, 0.25) is 0 Å². The second-order valence-electron chi connectivity index (χ2n) is 16.4. The van der Waals surface area contributed by atoms with Crippen molar-refractivity contribution in [3.8, 4) is 33.7 Å². The van der Waals surface area contributed by atoms with Crippen LogP contribution >= 0.6 is 0 Å². The van der Waals surface area contributed by atoms with E-state index in [9.17, 15) is 0 Å². The second-order valence-corrected chi connectivity index (χ2v) is 16.4. The zero-order chi connectivity index (χ0) is 40.7. The van der Waals surface area contributed by atoms with Gasteiger partial charge in [0.15, 0.2) is 0 Å². The fraction of sp³-hybridized carbons (Fsp3) is 0.0345. The molecule has 292 valence electrons. The minimum absolute atomic E-state index is 0.0356. The van der Waals surface area contributed by atoms with E-state index in [1.807, 2.05) is 18.2 Å². The molecule has 0 fully saturated rings. The van der Waals surface area contributed by atoms with Crippen LogP contribution in [0.5, 0.6) is 5.75 Å². The van der Waals surface area contributed by atoms with Gasteiger partial charge in [0.25, 0.3) is 0 Å². The van der Waals surface area contributed by atoms with E-state index in [1.54, 1.807) is 0 Å². The first-order chi connectivity index (χ1) is 30.7. The molecule has 0 N–H and O–H groups in total. The van der Waals surface area contributed by atoms with Gasteiger partial charge in [-0.25, -0.2) is 0 Å². The van der Waals surface area contributed by atoms with Crippen molar-refractivity contribution in [2.24, 2.45) is 0 Å². The average molecular weight is 795 g/mol. The van der Waals surface area contributed by atoms with E-state index in [-0.39, 0.29) is 12.0 Å². The molecule has 13 rings (SSSR count). The van der Waals surface area contributed by atoms with Gasteiger partial charge in [0.05, 0.1) is 16.7 Å². The highest BCUT2D eigenvalue weighted by Gasteiger charge is 2.34. The Morgan fingerprint density at radius 2 is 1.19 bits per heavy atom. The molecule has 1 aliphatic heterocycles. The summed E-state index contributed by atoms with van der Waals surface area (Å²) in [4.78, 5) is 2.35. The van der Waals surface area contributed by atoms with Gasteiger partial charge in [0, 0.05) is 67.1 Å². The molecular formula is C58H38N2O2. The number of benzene rings is 9. The minimum atomic E-state index is -0.0356. The highest BCUT2D eigenvalue weighted by molar-refractivity contribution is 6.19. The zero-order valence-corrected chi connectivity index (χ0v) is 33.7. The molecule has 2 aromatic heterocycles. The molecule has 0 saturated carbocycles. The summed E-state index contributed by atoms with van der Waals surface area (Å²) in [6.07, 6.45) is 6.74. The number of allylic oxidation sites excluding steroid dienone is 1. The topological polar surface area (TPSA) is 30.5 Å². The minimum Gasteiger partial charge on any atom is -0.485 e. The van der Waals surface area contributed by atoms with Crippen LogP contribution in [-0.2, 0) is 0 Å². The van der Waals surface area contributed by atoms with Gasteiger partial charge in [-0.05, 0) is 94.9 Å². The fourth-order valence-corrected chi connectivity index (χ4v) is 10.0. The predicted octanol–water partition coefficient (Wildman–Crippen LogP) is 15.3. The Balaban J connectivity index is 1.00. The summed E-state index contributed by atoms with van der Waals surface area (Å²) in [5, 5.41) is 7.17. The molecule has 62 heavy (non-hydrogen) atoms. The lowest BCUT2D eigenvalue weighted by Crippen LogP contribution is -2.23. The largest absolute Gasteiger partial charge is 0.485 e. The molecule has 0 saturated heterocycles. The van der Waals surface area contributed by atoms with Crippen molar-refractivity contribution in [1.82, 2.24) is 4.57 Å². The monoisotopic (exact) mass is 794 g/mol. The van der Waals surface area contributed by atoms with Gasteiger partial charge in [-0.1, -0.05) is 140 Å². The molecule has 4 heteroatoms. The molecule has 4 nitrogen and oxygen atoms in total. The summed E-state index contributed by atoms with van der Waals surface area (Å²) in [5.41, 5.74) is 14.3. The lowest BCUT2D eigenvalue weighted by Gasteiger charge is -2.30. The highest BCUT2D eigenvalue weighted by Crippen LogP contribution is 2.46. The number of rotatable bonds is 6. The van der Waals surface area contributed by atoms with E-state index in [0.29, 0.717) is 0 Å². The summed E-state index contributed by atoms with van der Waals surface area (Å²) >= 11 is 0. The van der Waals surface area contributed by atoms with Gasteiger partial charge in [-0.15, -0.1) is 0 Å². The first-order valence-corrected chi connectivity index (χ1v) is 21.3. The van der Waals surface area contributed by atoms with Gasteiger partial charge < -0.3 is 18.6 Å². The SMILES string of the molecule is C1=CC2Oc3ccccc3C2C=C1N(c1ccc(-c2cc(-c3ccccc3)ccc2-n2c3ccccc3c3ccc4ccccc4c32)cc1)c1ccc2c(c1)oc1ccccc12. The highest BCUT2D eigenvalue weighted by atomic mass is 16.5. The van der Waals surface area contributed by atoms with Crippen LogP contribution in [0.2, 0.25) is 0 Å². The quantitative estimate of drug-likeness (QED) is 0.168. The van der Waals surface area contributed by atoms with Crippen molar-refractivity contribution in [3.05, 3.63) is 230 Å². The van der Waals surface area contributed by atoms with E-state index in [4.69, 9.17) is 9.15 Å². The molecule has 9 aromatic carbocycles. The summed E-state index contributed by atoms with van der Waals surface area (Å²) in [6, 6.07) is 72.0. The van der Waals surface area contributed by atoms with Crippen LogP contribution in [0, 0.1) is 0 Å². The van der Waals surface area contributed by atoms with Crippen LogP contribution < -0.4 is 9.64 Å². The maximum Gasteiger partial charge on any atom is 0.137 e. The smallest absolute Gasteiger partial charge is 0.137 e. The third kappa shape index (κ3) is 5.40. The normalized spacial score (nSPS) is 15.6. The number of nitrogens with zero attached hydrogens (tertiary/aromatic N) is 2. The predicted molar refractivity (Wildman–Crippen MR) is 256 cm³/mol. The average Bonchev–Trinajstić information content (AvgIpc) is 4.01. The third-order valence-corrected chi connectivity index (χ3v) is 12.9. The Bertz CT molecular complexity index is 3630. The van der Waals surface area contributed by atoms with Gasteiger partial charge in [0.1, 0.15) is 23.0 Å². The number of aromatic nitrogens is 1. The Morgan fingerprint density at radius 3 is 2.10 bits per heavy atom. The lowest BCUT2D eigenvalue weighted by molar-refractivity contribution is 0.268. The summed E-state index contributed by atoms with van der Waals surface area (Å²) in [7, 11) is 0. The number of para-hydroxylation sites is 3. The van der Waals surface area contributed by atoms with E-state index in [1.165, 1.54) is 49.3 Å². The fourth-order valence-electron chi connectivity index (χ4n) is 10.0. The zero-order valence-electron chi connectivity index (χ0n) is 33.7. The maximum absolute atomic E-state index is 6.46. The summed E-state index contributed by atoms with van der Waals surface area (Å²) in [5.74, 6) is 1.06. The third-order valence-electron chi connectivity index (χ3n) is 12.9. The molecular weight excluding hydrogens is 757 g/mol. The molecule has 3 heterocycles. The van der Waals surface area contributed by atoms with Crippen LogP contribution in [0.4, 0.5) is 11.4 Å². The molecule has 1 aliphatic carbocycles. The van der Waals surface area contributed by atoms with Crippen LogP contribution in [0.3, 0.4) is 0 Å². The molecule has 2 atom stereocenters. The van der Waals surface area contributed by atoms with Gasteiger partial charge in [-0.2, -0.15) is 0 Å². The maximum atomic E-state index is 6.46. The first-order valence-electron chi connectivity index (χ1n) is 21.3. The second kappa shape index (κ2) is 13.7. The molecule has 0 spiro atoms. The van der Waals surface area contributed by atoms with E-state index < -0.39 is 0 Å². The van der Waals surface area contributed by atoms with E-state index >= 15 is 0 Å². The van der Waals surface area contributed by atoms with Crippen LogP contribution in [0.1, 0.15) is 11.5 Å². The van der Waals surface area contributed by atoms with Crippen molar-refractivity contribution in [2.45, 2.75) is 12.0 Å². The van der Waals surface area contributed by atoms with Crippen molar-refractivity contribution in [3.63, 3.8) is 0 Å². The molecule has 11 aromatic rings. The summed E-state index contributed by atoms with van der Waals surface area (Å²) in [6.45, 7) is 0. The number of hydrogen-bond donors (Lipinski definition) is 0. The van der Waals surface area contributed by atoms with E-state index in [2.05, 4.69) is 210 Å². The molecule has 2 aliphatic rings. The Kier molecular flexibility index (Phi) is 7.70. The Labute approximate surface area is 358 Å². The number of furan rings is 1. The molecule has 0 bridgehead atoms. The van der Waals surface area contributed by atoms with Crippen LogP contribution in [-0.4, -0.2) is 10.7 Å². The van der Waals surface area contributed by atoms with Crippen molar-refractivity contribution in [2.75, 3.05) is 4.90 Å².